The van der Waals surface area contributed by atoms with Crippen LogP contribution in [0, 0.1) is 5.82 Å². The summed E-state index contributed by atoms with van der Waals surface area (Å²) in [4.78, 5) is 16.2. The topological polar surface area (TPSA) is 42.0 Å². The second kappa shape index (κ2) is 5.79. The lowest BCUT2D eigenvalue weighted by Gasteiger charge is -2.04. The van der Waals surface area contributed by atoms with Gasteiger partial charge in [0.15, 0.2) is 5.13 Å². The number of carbonyl (C=O) groups is 1. The average Bonchev–Trinajstić information content (AvgIpc) is 2.81. The van der Waals surface area contributed by atoms with E-state index in [9.17, 15) is 9.18 Å². The Morgan fingerprint density at radius 3 is 2.84 bits per heavy atom. The molecule has 3 nitrogen and oxygen atoms in total. The van der Waals surface area contributed by atoms with Crippen molar-refractivity contribution in [1.82, 2.24) is 4.98 Å². The van der Waals surface area contributed by atoms with Gasteiger partial charge in [0.05, 0.1) is 15.7 Å². The van der Waals surface area contributed by atoms with Gasteiger partial charge in [-0.05, 0) is 34.0 Å². The Bertz CT molecular complexity index is 612. The Kier molecular flexibility index (Phi) is 4.31. The fourth-order valence-electron chi connectivity index (χ4n) is 1.45. The minimum absolute atomic E-state index is 0.00401. The smallest absolute Gasteiger partial charge is 0.260 e. The molecule has 0 aliphatic carbocycles. The van der Waals surface area contributed by atoms with Gasteiger partial charge in [-0.15, -0.1) is 11.3 Å². The third kappa shape index (κ3) is 3.19. The van der Waals surface area contributed by atoms with Crippen LogP contribution in [0.3, 0.4) is 0 Å². The molecule has 0 fully saturated rings. The van der Waals surface area contributed by atoms with Crippen molar-refractivity contribution in [3.05, 3.63) is 45.1 Å². The number of thiazole rings is 1. The second-order valence-electron chi connectivity index (χ2n) is 4.29. The van der Waals surface area contributed by atoms with Gasteiger partial charge in [0, 0.05) is 5.38 Å². The highest BCUT2D eigenvalue weighted by Gasteiger charge is 2.15. The van der Waals surface area contributed by atoms with E-state index in [0.717, 1.165) is 5.69 Å². The van der Waals surface area contributed by atoms with Gasteiger partial charge in [0.2, 0.25) is 0 Å². The Balaban J connectivity index is 2.18. The molecule has 0 radical (unpaired) electrons. The molecule has 1 aromatic heterocycles. The minimum Gasteiger partial charge on any atom is -0.298 e. The monoisotopic (exact) mass is 342 g/mol. The highest BCUT2D eigenvalue weighted by molar-refractivity contribution is 9.10. The molecule has 0 unspecified atom stereocenters. The average molecular weight is 343 g/mol. The van der Waals surface area contributed by atoms with E-state index in [1.54, 1.807) is 12.1 Å². The van der Waals surface area contributed by atoms with E-state index >= 15 is 0 Å². The zero-order valence-electron chi connectivity index (χ0n) is 10.4. The third-order valence-corrected chi connectivity index (χ3v) is 3.92. The van der Waals surface area contributed by atoms with E-state index in [1.165, 1.54) is 17.4 Å². The molecule has 100 valence electrons. The highest BCUT2D eigenvalue weighted by atomic mass is 79.9. The zero-order valence-corrected chi connectivity index (χ0v) is 12.8. The first-order valence-corrected chi connectivity index (χ1v) is 7.37. The summed E-state index contributed by atoms with van der Waals surface area (Å²) in [6.45, 7) is 4.04. The van der Waals surface area contributed by atoms with Gasteiger partial charge in [-0.3, -0.25) is 10.1 Å². The lowest BCUT2D eigenvalue weighted by Crippen LogP contribution is -2.13. The maximum atomic E-state index is 13.8. The maximum absolute atomic E-state index is 13.8. The van der Waals surface area contributed by atoms with Crippen LogP contribution in [0.2, 0.25) is 0 Å². The number of nitrogens with one attached hydrogen (secondary N) is 1. The van der Waals surface area contributed by atoms with Crippen LogP contribution in [0.15, 0.2) is 28.1 Å². The van der Waals surface area contributed by atoms with Gasteiger partial charge in [-0.1, -0.05) is 19.9 Å². The molecule has 1 heterocycles. The summed E-state index contributed by atoms with van der Waals surface area (Å²) in [6, 6.07) is 4.60. The molecule has 0 aliphatic rings. The lowest BCUT2D eigenvalue weighted by molar-refractivity contribution is 0.102. The minimum atomic E-state index is -0.569. The van der Waals surface area contributed by atoms with E-state index in [4.69, 9.17) is 0 Å². The second-order valence-corrected chi connectivity index (χ2v) is 6.00. The number of benzene rings is 1. The Morgan fingerprint density at radius 1 is 1.47 bits per heavy atom. The lowest BCUT2D eigenvalue weighted by atomic mass is 10.2. The van der Waals surface area contributed by atoms with Crippen molar-refractivity contribution < 1.29 is 9.18 Å². The van der Waals surface area contributed by atoms with Crippen molar-refractivity contribution in [1.29, 1.82) is 0 Å². The molecule has 0 spiro atoms. The van der Waals surface area contributed by atoms with Crippen molar-refractivity contribution >= 4 is 38.3 Å². The Hall–Kier alpha value is -1.27. The number of hydrogen-bond acceptors (Lipinski definition) is 3. The van der Waals surface area contributed by atoms with E-state index in [-0.39, 0.29) is 10.0 Å². The number of anilines is 1. The number of amides is 1. The first-order chi connectivity index (χ1) is 8.99. The SMILES string of the molecule is CC(C)c1csc(NC(=O)c2cccc(Br)c2F)n1. The van der Waals surface area contributed by atoms with Crippen LogP contribution >= 0.6 is 27.3 Å². The number of nitrogens with zero attached hydrogens (tertiary/aromatic N) is 1. The van der Waals surface area contributed by atoms with E-state index in [0.29, 0.717) is 11.0 Å². The zero-order chi connectivity index (χ0) is 14.0. The summed E-state index contributed by atoms with van der Waals surface area (Å²) in [7, 11) is 0. The van der Waals surface area contributed by atoms with Crippen LogP contribution < -0.4 is 5.32 Å². The van der Waals surface area contributed by atoms with Crippen LogP contribution in [0.1, 0.15) is 35.8 Å². The number of rotatable bonds is 3. The molecule has 0 saturated carbocycles. The Morgan fingerprint density at radius 2 is 2.21 bits per heavy atom. The number of hydrogen-bond donors (Lipinski definition) is 1. The first-order valence-electron chi connectivity index (χ1n) is 5.70. The predicted molar refractivity (Wildman–Crippen MR) is 78.3 cm³/mol. The van der Waals surface area contributed by atoms with Gasteiger partial charge < -0.3 is 0 Å². The first kappa shape index (κ1) is 14.1. The van der Waals surface area contributed by atoms with Gasteiger partial charge in [-0.2, -0.15) is 0 Å². The molecule has 1 amide bonds. The van der Waals surface area contributed by atoms with Crippen molar-refractivity contribution in [3.8, 4) is 0 Å². The summed E-state index contributed by atoms with van der Waals surface area (Å²) in [6.07, 6.45) is 0. The molecule has 0 saturated heterocycles. The molecule has 0 bridgehead atoms. The van der Waals surface area contributed by atoms with Gasteiger partial charge >= 0.3 is 0 Å². The summed E-state index contributed by atoms with van der Waals surface area (Å²) in [5.74, 6) is -0.770. The highest BCUT2D eigenvalue weighted by Crippen LogP contribution is 2.23. The molecule has 19 heavy (non-hydrogen) atoms. The molecule has 0 atom stereocenters. The van der Waals surface area contributed by atoms with Crippen LogP contribution in [0.25, 0.3) is 0 Å². The van der Waals surface area contributed by atoms with Crippen LogP contribution in [0.5, 0.6) is 0 Å². The van der Waals surface area contributed by atoms with E-state index in [2.05, 4.69) is 26.2 Å². The molecule has 0 aliphatic heterocycles. The summed E-state index contributed by atoms with van der Waals surface area (Å²) < 4.78 is 14.0. The molecule has 1 N–H and O–H groups in total. The van der Waals surface area contributed by atoms with Gasteiger partial charge in [-0.25, -0.2) is 9.37 Å². The van der Waals surface area contributed by atoms with Crippen LogP contribution in [-0.2, 0) is 0 Å². The van der Waals surface area contributed by atoms with Gasteiger partial charge in [0.1, 0.15) is 5.82 Å². The fourth-order valence-corrected chi connectivity index (χ4v) is 2.69. The normalized spacial score (nSPS) is 10.8. The quantitative estimate of drug-likeness (QED) is 0.896. The third-order valence-electron chi connectivity index (χ3n) is 2.53. The largest absolute Gasteiger partial charge is 0.298 e. The van der Waals surface area contributed by atoms with Gasteiger partial charge in [0.25, 0.3) is 5.91 Å². The molecule has 1 aromatic carbocycles. The van der Waals surface area contributed by atoms with Crippen molar-refractivity contribution in [2.75, 3.05) is 5.32 Å². The number of carbonyl (C=O) groups excluding carboxylic acids is 1. The summed E-state index contributed by atoms with van der Waals surface area (Å²) in [5.41, 5.74) is 0.908. The van der Waals surface area contributed by atoms with Crippen molar-refractivity contribution in [3.63, 3.8) is 0 Å². The molecular formula is C13H12BrFN2OS. The number of halogens is 2. The summed E-state index contributed by atoms with van der Waals surface area (Å²) in [5, 5.41) is 4.98. The van der Waals surface area contributed by atoms with E-state index in [1.807, 2.05) is 19.2 Å². The van der Waals surface area contributed by atoms with Crippen LogP contribution in [0.4, 0.5) is 9.52 Å². The molecule has 2 rings (SSSR count). The maximum Gasteiger partial charge on any atom is 0.260 e. The molecule has 6 heteroatoms. The van der Waals surface area contributed by atoms with E-state index < -0.39 is 11.7 Å². The van der Waals surface area contributed by atoms with Crippen molar-refractivity contribution in [2.24, 2.45) is 0 Å². The number of aromatic nitrogens is 1. The van der Waals surface area contributed by atoms with Crippen molar-refractivity contribution in [2.45, 2.75) is 19.8 Å². The predicted octanol–water partition coefficient (Wildman–Crippen LogP) is 4.42. The summed E-state index contributed by atoms with van der Waals surface area (Å²) >= 11 is 4.39. The molecule has 2 aromatic rings. The Labute approximate surface area is 123 Å². The standard InChI is InChI=1S/C13H12BrFN2OS/c1-7(2)10-6-19-13(16-10)17-12(18)8-4-3-5-9(14)11(8)15/h3-7H,1-2H3,(H,16,17,18). The fraction of sp³-hybridized carbons (Fsp3) is 0.231. The molecular weight excluding hydrogens is 331 g/mol. The van der Waals surface area contributed by atoms with Crippen LogP contribution in [-0.4, -0.2) is 10.9 Å².